The number of imidazole rings is 1. The molecule has 4 aromatic rings. The Morgan fingerprint density at radius 1 is 0.667 bits per heavy atom. The standard InChI is InChI=1S/C21H15BrN2/c22-18-13-11-17(12-14-18)21-23-15-20(16-7-3-1-4-8-16)24(21)19-9-5-2-6-10-19/h1-15H. The summed E-state index contributed by atoms with van der Waals surface area (Å²) >= 11 is 3.50. The molecular weight excluding hydrogens is 360 g/mol. The van der Waals surface area contributed by atoms with Crippen LogP contribution in [0.4, 0.5) is 0 Å². The van der Waals surface area contributed by atoms with Crippen LogP contribution in [-0.2, 0) is 0 Å². The first kappa shape index (κ1) is 14.9. The van der Waals surface area contributed by atoms with Crippen LogP contribution in [0, 0.1) is 0 Å². The van der Waals surface area contributed by atoms with E-state index in [1.165, 1.54) is 0 Å². The zero-order valence-corrected chi connectivity index (χ0v) is 14.5. The number of rotatable bonds is 3. The van der Waals surface area contributed by atoms with Crippen LogP contribution < -0.4 is 0 Å². The molecule has 0 saturated carbocycles. The summed E-state index contributed by atoms with van der Waals surface area (Å²) in [4.78, 5) is 4.72. The van der Waals surface area contributed by atoms with E-state index >= 15 is 0 Å². The minimum Gasteiger partial charge on any atom is -0.292 e. The van der Waals surface area contributed by atoms with Crippen LogP contribution in [0.3, 0.4) is 0 Å². The Bertz CT molecular complexity index is 942. The summed E-state index contributed by atoms with van der Waals surface area (Å²) in [6, 6.07) is 29.0. The molecule has 0 aliphatic rings. The number of hydrogen-bond acceptors (Lipinski definition) is 1. The second-order valence-corrected chi connectivity index (χ2v) is 6.43. The van der Waals surface area contributed by atoms with Crippen LogP contribution in [0.1, 0.15) is 0 Å². The van der Waals surface area contributed by atoms with Crippen molar-refractivity contribution in [2.45, 2.75) is 0 Å². The topological polar surface area (TPSA) is 17.8 Å². The third-order valence-corrected chi connectivity index (χ3v) is 4.48. The summed E-state index contributed by atoms with van der Waals surface area (Å²) in [5.41, 5.74) is 4.42. The van der Waals surface area contributed by atoms with Gasteiger partial charge in [-0.25, -0.2) is 4.98 Å². The quantitative estimate of drug-likeness (QED) is 0.431. The van der Waals surface area contributed by atoms with Crippen molar-refractivity contribution >= 4 is 15.9 Å². The predicted molar refractivity (Wildman–Crippen MR) is 102 cm³/mol. The highest BCUT2D eigenvalue weighted by Crippen LogP contribution is 2.30. The smallest absolute Gasteiger partial charge is 0.144 e. The molecule has 0 amide bonds. The lowest BCUT2D eigenvalue weighted by Crippen LogP contribution is -1.99. The maximum absolute atomic E-state index is 4.72. The number of hydrogen-bond donors (Lipinski definition) is 0. The fraction of sp³-hybridized carbons (Fsp3) is 0. The Morgan fingerprint density at radius 2 is 1.29 bits per heavy atom. The van der Waals surface area contributed by atoms with Gasteiger partial charge in [0.2, 0.25) is 0 Å². The van der Waals surface area contributed by atoms with E-state index in [-0.39, 0.29) is 0 Å². The van der Waals surface area contributed by atoms with Gasteiger partial charge < -0.3 is 0 Å². The first-order chi connectivity index (χ1) is 11.8. The number of nitrogens with zero attached hydrogens (tertiary/aromatic N) is 2. The summed E-state index contributed by atoms with van der Waals surface area (Å²) in [5.74, 6) is 0.938. The molecule has 2 nitrogen and oxygen atoms in total. The third-order valence-electron chi connectivity index (χ3n) is 3.95. The van der Waals surface area contributed by atoms with Gasteiger partial charge in [0.05, 0.1) is 11.9 Å². The van der Waals surface area contributed by atoms with E-state index in [9.17, 15) is 0 Å². The summed E-state index contributed by atoms with van der Waals surface area (Å²) in [7, 11) is 0. The fourth-order valence-electron chi connectivity index (χ4n) is 2.81. The molecule has 24 heavy (non-hydrogen) atoms. The van der Waals surface area contributed by atoms with E-state index in [4.69, 9.17) is 4.98 Å². The van der Waals surface area contributed by atoms with Gasteiger partial charge in [-0.2, -0.15) is 0 Å². The van der Waals surface area contributed by atoms with Crippen molar-refractivity contribution in [3.63, 3.8) is 0 Å². The molecule has 0 aliphatic carbocycles. The lowest BCUT2D eigenvalue weighted by Gasteiger charge is -2.12. The fourth-order valence-corrected chi connectivity index (χ4v) is 3.07. The second-order valence-electron chi connectivity index (χ2n) is 5.51. The molecule has 3 aromatic carbocycles. The average Bonchev–Trinajstić information content (AvgIpc) is 3.09. The van der Waals surface area contributed by atoms with Crippen molar-refractivity contribution in [2.24, 2.45) is 0 Å². The molecule has 0 saturated heterocycles. The summed E-state index contributed by atoms with van der Waals surface area (Å²) in [6.07, 6.45) is 1.94. The highest BCUT2D eigenvalue weighted by molar-refractivity contribution is 9.10. The molecule has 0 bridgehead atoms. The summed E-state index contributed by atoms with van der Waals surface area (Å²) < 4.78 is 3.27. The molecule has 0 unspecified atom stereocenters. The summed E-state index contributed by atoms with van der Waals surface area (Å²) in [5, 5.41) is 0. The predicted octanol–water partition coefficient (Wildman–Crippen LogP) is 5.97. The van der Waals surface area contributed by atoms with E-state index in [0.717, 1.165) is 32.8 Å². The number of para-hydroxylation sites is 1. The van der Waals surface area contributed by atoms with E-state index in [1.54, 1.807) is 0 Å². The maximum atomic E-state index is 4.72. The maximum Gasteiger partial charge on any atom is 0.144 e. The van der Waals surface area contributed by atoms with E-state index in [2.05, 4.69) is 81.2 Å². The average molecular weight is 375 g/mol. The van der Waals surface area contributed by atoms with Gasteiger partial charge in [0.15, 0.2) is 0 Å². The van der Waals surface area contributed by atoms with Crippen LogP contribution in [0.15, 0.2) is 95.6 Å². The van der Waals surface area contributed by atoms with Crippen molar-refractivity contribution in [1.82, 2.24) is 9.55 Å². The molecule has 1 aromatic heterocycles. The van der Waals surface area contributed by atoms with Crippen LogP contribution in [-0.4, -0.2) is 9.55 Å². The highest BCUT2D eigenvalue weighted by atomic mass is 79.9. The Hall–Kier alpha value is -2.65. The van der Waals surface area contributed by atoms with Gasteiger partial charge in [-0.1, -0.05) is 76.6 Å². The first-order valence-corrected chi connectivity index (χ1v) is 8.57. The molecule has 0 fully saturated rings. The van der Waals surface area contributed by atoms with Crippen molar-refractivity contribution in [2.75, 3.05) is 0 Å². The van der Waals surface area contributed by atoms with Gasteiger partial charge in [0.25, 0.3) is 0 Å². The molecule has 0 atom stereocenters. The van der Waals surface area contributed by atoms with E-state index in [1.807, 2.05) is 30.5 Å². The lowest BCUT2D eigenvalue weighted by molar-refractivity contribution is 1.07. The lowest BCUT2D eigenvalue weighted by atomic mass is 10.1. The Kier molecular flexibility index (Phi) is 4.01. The highest BCUT2D eigenvalue weighted by Gasteiger charge is 2.14. The van der Waals surface area contributed by atoms with Gasteiger partial charge in [0, 0.05) is 21.3 Å². The Balaban J connectivity index is 1.95. The number of benzene rings is 3. The van der Waals surface area contributed by atoms with Crippen molar-refractivity contribution in [3.05, 3.63) is 95.6 Å². The zero-order valence-electron chi connectivity index (χ0n) is 12.9. The van der Waals surface area contributed by atoms with Crippen LogP contribution in [0.2, 0.25) is 0 Å². The van der Waals surface area contributed by atoms with Gasteiger partial charge in [-0.15, -0.1) is 0 Å². The first-order valence-electron chi connectivity index (χ1n) is 7.77. The monoisotopic (exact) mass is 374 g/mol. The van der Waals surface area contributed by atoms with Gasteiger partial charge in [-0.3, -0.25) is 4.57 Å². The van der Waals surface area contributed by atoms with E-state index in [0.29, 0.717) is 0 Å². The van der Waals surface area contributed by atoms with Crippen molar-refractivity contribution in [3.8, 4) is 28.3 Å². The zero-order chi connectivity index (χ0) is 16.4. The van der Waals surface area contributed by atoms with Crippen molar-refractivity contribution < 1.29 is 0 Å². The van der Waals surface area contributed by atoms with Crippen LogP contribution in [0.5, 0.6) is 0 Å². The molecule has 0 spiro atoms. The summed E-state index contributed by atoms with van der Waals surface area (Å²) in [6.45, 7) is 0. The molecule has 3 heteroatoms. The minimum atomic E-state index is 0.938. The van der Waals surface area contributed by atoms with Crippen LogP contribution >= 0.6 is 15.9 Å². The molecule has 1 heterocycles. The SMILES string of the molecule is Brc1ccc(-c2ncc(-c3ccccc3)n2-c2ccccc2)cc1. The van der Waals surface area contributed by atoms with E-state index < -0.39 is 0 Å². The molecular formula is C21H15BrN2. The molecule has 0 radical (unpaired) electrons. The van der Waals surface area contributed by atoms with Gasteiger partial charge in [-0.05, 0) is 24.3 Å². The number of aromatic nitrogens is 2. The Labute approximate surface area is 149 Å². The minimum absolute atomic E-state index is 0.938. The van der Waals surface area contributed by atoms with Gasteiger partial charge >= 0.3 is 0 Å². The second kappa shape index (κ2) is 6.46. The molecule has 4 rings (SSSR count). The van der Waals surface area contributed by atoms with Crippen LogP contribution in [0.25, 0.3) is 28.3 Å². The Morgan fingerprint density at radius 3 is 1.96 bits per heavy atom. The van der Waals surface area contributed by atoms with Gasteiger partial charge in [0.1, 0.15) is 5.82 Å². The number of halogens is 1. The normalized spacial score (nSPS) is 10.7. The molecule has 116 valence electrons. The molecule has 0 aliphatic heterocycles. The third kappa shape index (κ3) is 2.79. The largest absolute Gasteiger partial charge is 0.292 e. The molecule has 0 N–H and O–H groups in total. The van der Waals surface area contributed by atoms with Crippen molar-refractivity contribution in [1.29, 1.82) is 0 Å².